The molecule has 3 N–H and O–H groups in total. The van der Waals surface area contributed by atoms with Gasteiger partial charge in [-0.25, -0.2) is 0 Å². The lowest BCUT2D eigenvalue weighted by Gasteiger charge is -2.10. The number of aliphatic carboxylic acids is 1. The van der Waals surface area contributed by atoms with Crippen LogP contribution < -0.4 is 5.32 Å². The van der Waals surface area contributed by atoms with Crippen LogP contribution in [0.1, 0.15) is 26.2 Å². The number of carbonyl (C=O) groups is 1. The van der Waals surface area contributed by atoms with Crippen molar-refractivity contribution < 1.29 is 15.0 Å². The summed E-state index contributed by atoms with van der Waals surface area (Å²) in [5.74, 6) is -0.804. The Bertz CT molecular complexity index is 127. The summed E-state index contributed by atoms with van der Waals surface area (Å²) in [6.45, 7) is 2.66. The quantitative estimate of drug-likeness (QED) is 0.484. The molecule has 0 saturated heterocycles. The van der Waals surface area contributed by atoms with E-state index in [0.717, 1.165) is 12.8 Å². The highest BCUT2D eigenvalue weighted by Gasteiger charge is 2.12. The van der Waals surface area contributed by atoms with Crippen molar-refractivity contribution >= 4 is 5.97 Å². The molecule has 1 atom stereocenters. The molecule has 0 aliphatic rings. The Morgan fingerprint density at radius 2 is 2.17 bits per heavy atom. The van der Waals surface area contributed by atoms with E-state index >= 15 is 0 Å². The third kappa shape index (κ3) is 5.09. The van der Waals surface area contributed by atoms with E-state index in [2.05, 4.69) is 5.32 Å². The number of aliphatic hydroxyl groups excluding tert-OH is 1. The Morgan fingerprint density at radius 1 is 1.50 bits per heavy atom. The van der Waals surface area contributed by atoms with E-state index in [-0.39, 0.29) is 6.61 Å². The molecule has 0 bridgehead atoms. The number of hydrogen-bond donors (Lipinski definition) is 3. The molecule has 0 aromatic carbocycles. The molecule has 1 unspecified atom stereocenters. The van der Waals surface area contributed by atoms with Crippen LogP contribution in [0.2, 0.25) is 0 Å². The summed E-state index contributed by atoms with van der Waals surface area (Å²) in [4.78, 5) is 10.5. The molecule has 4 heteroatoms. The first-order chi connectivity index (χ1) is 5.72. The van der Waals surface area contributed by atoms with Gasteiger partial charge in [-0.05, 0) is 25.8 Å². The molecule has 72 valence electrons. The Morgan fingerprint density at radius 3 is 2.58 bits per heavy atom. The first-order valence-corrected chi connectivity index (χ1v) is 4.29. The standard InChI is InChI=1S/C8H17NO3/c1-2-7(8(11)12)9-5-3-4-6-10/h7,9-10H,2-6H2,1H3,(H,11,12). The van der Waals surface area contributed by atoms with E-state index in [9.17, 15) is 4.79 Å². The second-order valence-electron chi connectivity index (χ2n) is 2.68. The zero-order valence-electron chi connectivity index (χ0n) is 7.42. The van der Waals surface area contributed by atoms with Gasteiger partial charge in [0.2, 0.25) is 0 Å². The molecule has 0 heterocycles. The first kappa shape index (κ1) is 11.4. The third-order valence-corrected chi connectivity index (χ3v) is 1.68. The number of rotatable bonds is 7. The summed E-state index contributed by atoms with van der Waals surface area (Å²) in [7, 11) is 0. The van der Waals surface area contributed by atoms with E-state index in [0.29, 0.717) is 13.0 Å². The van der Waals surface area contributed by atoms with Crippen molar-refractivity contribution in [3.05, 3.63) is 0 Å². The highest BCUT2D eigenvalue weighted by atomic mass is 16.4. The van der Waals surface area contributed by atoms with Gasteiger partial charge in [0.1, 0.15) is 6.04 Å². The summed E-state index contributed by atoms with van der Waals surface area (Å²) in [5, 5.41) is 20.0. The molecule has 0 rings (SSSR count). The second kappa shape index (κ2) is 7.06. The fraction of sp³-hybridized carbons (Fsp3) is 0.875. The highest BCUT2D eigenvalue weighted by molar-refractivity contribution is 5.73. The van der Waals surface area contributed by atoms with E-state index < -0.39 is 12.0 Å². The molecular weight excluding hydrogens is 158 g/mol. The van der Waals surface area contributed by atoms with Crippen LogP contribution in [0, 0.1) is 0 Å². The van der Waals surface area contributed by atoms with Crippen molar-refractivity contribution in [2.45, 2.75) is 32.2 Å². The van der Waals surface area contributed by atoms with E-state index in [1.165, 1.54) is 0 Å². The van der Waals surface area contributed by atoms with Crippen molar-refractivity contribution in [2.24, 2.45) is 0 Å². The number of nitrogens with one attached hydrogen (secondary N) is 1. The summed E-state index contributed by atoms with van der Waals surface area (Å²) >= 11 is 0. The smallest absolute Gasteiger partial charge is 0.320 e. The van der Waals surface area contributed by atoms with Gasteiger partial charge in [0.25, 0.3) is 0 Å². The molecular formula is C8H17NO3. The predicted molar refractivity (Wildman–Crippen MR) is 46.0 cm³/mol. The van der Waals surface area contributed by atoms with Crippen LogP contribution in [0.4, 0.5) is 0 Å². The molecule has 0 aliphatic carbocycles. The average molecular weight is 175 g/mol. The van der Waals surface area contributed by atoms with Crippen molar-refractivity contribution in [1.29, 1.82) is 0 Å². The summed E-state index contributed by atoms with van der Waals surface area (Å²) in [6.07, 6.45) is 2.14. The molecule has 0 aromatic heterocycles. The number of hydrogen-bond acceptors (Lipinski definition) is 3. The van der Waals surface area contributed by atoms with Crippen molar-refractivity contribution in [2.75, 3.05) is 13.2 Å². The Hall–Kier alpha value is -0.610. The largest absolute Gasteiger partial charge is 0.480 e. The minimum absolute atomic E-state index is 0.172. The first-order valence-electron chi connectivity index (χ1n) is 4.29. The average Bonchev–Trinajstić information content (AvgIpc) is 2.04. The number of unbranched alkanes of at least 4 members (excludes halogenated alkanes) is 1. The van der Waals surface area contributed by atoms with E-state index in [4.69, 9.17) is 10.2 Å². The lowest BCUT2D eigenvalue weighted by atomic mass is 10.2. The van der Waals surface area contributed by atoms with Gasteiger partial charge in [-0.3, -0.25) is 4.79 Å². The normalized spacial score (nSPS) is 12.8. The maximum Gasteiger partial charge on any atom is 0.320 e. The minimum Gasteiger partial charge on any atom is -0.480 e. The van der Waals surface area contributed by atoms with Gasteiger partial charge in [0, 0.05) is 6.61 Å². The van der Waals surface area contributed by atoms with Crippen LogP contribution in [0.15, 0.2) is 0 Å². The molecule has 0 radical (unpaired) electrons. The van der Waals surface area contributed by atoms with Gasteiger partial charge in [0.15, 0.2) is 0 Å². The van der Waals surface area contributed by atoms with Gasteiger partial charge >= 0.3 is 5.97 Å². The van der Waals surface area contributed by atoms with Gasteiger partial charge in [-0.2, -0.15) is 0 Å². The molecule has 12 heavy (non-hydrogen) atoms. The number of aliphatic hydroxyl groups is 1. The summed E-state index contributed by atoms with van der Waals surface area (Å²) < 4.78 is 0. The maximum absolute atomic E-state index is 10.5. The summed E-state index contributed by atoms with van der Waals surface area (Å²) in [6, 6.07) is -0.441. The maximum atomic E-state index is 10.5. The topological polar surface area (TPSA) is 69.6 Å². The predicted octanol–water partition coefficient (Wildman–Crippen LogP) is 0.212. The SMILES string of the molecule is CCC(NCCCCO)C(=O)O. The monoisotopic (exact) mass is 175 g/mol. The molecule has 0 fully saturated rings. The van der Waals surface area contributed by atoms with Crippen LogP contribution in [0.25, 0.3) is 0 Å². The number of carboxylic acids is 1. The van der Waals surface area contributed by atoms with Crippen molar-refractivity contribution in [3.63, 3.8) is 0 Å². The van der Waals surface area contributed by atoms with Gasteiger partial charge in [0.05, 0.1) is 0 Å². The zero-order valence-corrected chi connectivity index (χ0v) is 7.42. The molecule has 0 amide bonds. The Balaban J connectivity index is 3.38. The Kier molecular flexibility index (Phi) is 6.70. The third-order valence-electron chi connectivity index (χ3n) is 1.68. The van der Waals surface area contributed by atoms with Crippen LogP contribution in [-0.2, 0) is 4.79 Å². The fourth-order valence-corrected chi connectivity index (χ4v) is 0.919. The lowest BCUT2D eigenvalue weighted by molar-refractivity contribution is -0.139. The van der Waals surface area contributed by atoms with Crippen LogP contribution in [0.3, 0.4) is 0 Å². The lowest BCUT2D eigenvalue weighted by Crippen LogP contribution is -2.36. The van der Waals surface area contributed by atoms with Crippen molar-refractivity contribution in [1.82, 2.24) is 5.32 Å². The molecule has 0 saturated carbocycles. The highest BCUT2D eigenvalue weighted by Crippen LogP contribution is 1.92. The molecule has 0 aromatic rings. The van der Waals surface area contributed by atoms with Crippen LogP contribution in [0.5, 0.6) is 0 Å². The minimum atomic E-state index is -0.804. The van der Waals surface area contributed by atoms with Gasteiger partial charge in [-0.1, -0.05) is 6.92 Å². The van der Waals surface area contributed by atoms with E-state index in [1.54, 1.807) is 0 Å². The van der Waals surface area contributed by atoms with Crippen LogP contribution in [-0.4, -0.2) is 35.4 Å². The van der Waals surface area contributed by atoms with Gasteiger partial charge < -0.3 is 15.5 Å². The Labute approximate surface area is 72.6 Å². The molecule has 0 spiro atoms. The summed E-state index contributed by atoms with van der Waals surface area (Å²) in [5.41, 5.74) is 0. The van der Waals surface area contributed by atoms with E-state index in [1.807, 2.05) is 6.92 Å². The second-order valence-corrected chi connectivity index (χ2v) is 2.68. The zero-order chi connectivity index (χ0) is 9.40. The fourth-order valence-electron chi connectivity index (χ4n) is 0.919. The number of carboxylic acid groups (broad SMARTS) is 1. The van der Waals surface area contributed by atoms with Crippen molar-refractivity contribution in [3.8, 4) is 0 Å². The van der Waals surface area contributed by atoms with Crippen LogP contribution >= 0.6 is 0 Å². The molecule has 4 nitrogen and oxygen atoms in total. The molecule has 0 aliphatic heterocycles. The van der Waals surface area contributed by atoms with Gasteiger partial charge in [-0.15, -0.1) is 0 Å².